The molecular weight excluding hydrogens is 332 g/mol. The molecule has 26 heavy (non-hydrogen) atoms. The summed E-state index contributed by atoms with van der Waals surface area (Å²) in [7, 11) is 3.19. The van der Waals surface area contributed by atoms with Crippen molar-refractivity contribution in [3.8, 4) is 11.5 Å². The normalized spacial score (nSPS) is 11.6. The molecule has 0 unspecified atom stereocenters. The quantitative estimate of drug-likeness (QED) is 0.666. The lowest BCUT2D eigenvalue weighted by Crippen LogP contribution is -1.89. The van der Waals surface area contributed by atoms with Crippen molar-refractivity contribution in [2.24, 2.45) is 10.2 Å². The number of hydrogen-bond donors (Lipinski definition) is 1. The van der Waals surface area contributed by atoms with Gasteiger partial charge < -0.3 is 14.6 Å². The number of pyridine rings is 1. The molecule has 7 heteroatoms. The highest BCUT2D eigenvalue weighted by Gasteiger charge is 2.16. The fourth-order valence-corrected chi connectivity index (χ4v) is 2.65. The van der Waals surface area contributed by atoms with Gasteiger partial charge in [0.1, 0.15) is 22.8 Å². The van der Waals surface area contributed by atoms with E-state index in [-0.39, 0.29) is 12.5 Å². The summed E-state index contributed by atoms with van der Waals surface area (Å²) in [5, 5.41) is 18.2. The van der Waals surface area contributed by atoms with Crippen LogP contribution >= 0.6 is 0 Å². The Bertz CT molecular complexity index is 947. The van der Waals surface area contributed by atoms with Gasteiger partial charge >= 0.3 is 0 Å². The summed E-state index contributed by atoms with van der Waals surface area (Å²) in [6, 6.07) is 9.05. The average Bonchev–Trinajstić information content (AvgIpc) is 3.03. The van der Waals surface area contributed by atoms with E-state index in [4.69, 9.17) is 9.47 Å². The fourth-order valence-electron chi connectivity index (χ4n) is 2.65. The zero-order chi connectivity index (χ0) is 18.7. The summed E-state index contributed by atoms with van der Waals surface area (Å²) >= 11 is 0. The van der Waals surface area contributed by atoms with E-state index in [1.807, 2.05) is 28.8 Å². The molecule has 2 heterocycles. The number of methoxy groups -OCH3 is 2. The molecule has 7 nitrogen and oxygen atoms in total. The van der Waals surface area contributed by atoms with Crippen molar-refractivity contribution in [2.45, 2.75) is 26.4 Å². The molecule has 0 bridgehead atoms. The minimum absolute atomic E-state index is 0.0295. The topological polar surface area (TPSA) is 80.7 Å². The molecule has 0 saturated heterocycles. The number of aliphatic hydroxyl groups is 1. The zero-order valence-electron chi connectivity index (χ0n) is 15.3. The lowest BCUT2D eigenvalue weighted by atomic mass is 10.1. The average molecular weight is 354 g/mol. The molecular formula is C19H22N4O3. The molecule has 0 aliphatic heterocycles. The van der Waals surface area contributed by atoms with Crippen LogP contribution < -0.4 is 9.47 Å². The van der Waals surface area contributed by atoms with Gasteiger partial charge in [0, 0.05) is 12.3 Å². The van der Waals surface area contributed by atoms with Crippen LogP contribution in [0.1, 0.15) is 31.0 Å². The van der Waals surface area contributed by atoms with Crippen LogP contribution in [0.2, 0.25) is 0 Å². The Hall–Kier alpha value is -2.93. The van der Waals surface area contributed by atoms with E-state index in [1.165, 1.54) is 0 Å². The first-order chi connectivity index (χ1) is 12.6. The highest BCUT2D eigenvalue weighted by molar-refractivity contribution is 5.57. The van der Waals surface area contributed by atoms with Gasteiger partial charge in [-0.15, -0.1) is 10.2 Å². The third kappa shape index (κ3) is 3.39. The lowest BCUT2D eigenvalue weighted by molar-refractivity contribution is 0.282. The van der Waals surface area contributed by atoms with Crippen molar-refractivity contribution in [3.05, 3.63) is 47.8 Å². The van der Waals surface area contributed by atoms with Crippen LogP contribution in [0.5, 0.6) is 11.5 Å². The standard InChI is InChI=1S/C19H22N4O3/c1-12(2)18-19(23-8-7-13(11-24)9-17(23)20-18)22-21-15-10-14(25-3)5-6-16(15)26-4/h5-10,12,24H,11H2,1-4H3. The first-order valence-corrected chi connectivity index (χ1v) is 8.33. The number of aliphatic hydroxyl groups excluding tert-OH is 1. The molecule has 3 aromatic rings. The molecule has 0 atom stereocenters. The third-order valence-corrected chi connectivity index (χ3v) is 4.06. The first-order valence-electron chi connectivity index (χ1n) is 8.33. The molecule has 0 fully saturated rings. The Balaban J connectivity index is 2.10. The van der Waals surface area contributed by atoms with Gasteiger partial charge in [0.2, 0.25) is 0 Å². The minimum atomic E-state index is -0.0295. The van der Waals surface area contributed by atoms with Crippen molar-refractivity contribution < 1.29 is 14.6 Å². The Kier molecular flexibility index (Phi) is 5.18. The van der Waals surface area contributed by atoms with E-state index < -0.39 is 0 Å². The van der Waals surface area contributed by atoms with Gasteiger partial charge in [0.05, 0.1) is 26.5 Å². The second kappa shape index (κ2) is 7.53. The monoisotopic (exact) mass is 354 g/mol. The van der Waals surface area contributed by atoms with Crippen LogP contribution in [0.15, 0.2) is 46.8 Å². The SMILES string of the molecule is COc1ccc(OC)c(N=Nc2c(C(C)C)nc3cc(CO)ccn23)c1. The second-order valence-electron chi connectivity index (χ2n) is 6.13. The largest absolute Gasteiger partial charge is 0.497 e. The predicted octanol–water partition coefficient (Wildman–Crippen LogP) is 4.38. The Morgan fingerprint density at radius 2 is 1.92 bits per heavy atom. The van der Waals surface area contributed by atoms with E-state index in [0.717, 1.165) is 16.9 Å². The molecule has 0 amide bonds. The summed E-state index contributed by atoms with van der Waals surface area (Å²) in [5.74, 6) is 2.12. The first kappa shape index (κ1) is 17.9. The van der Waals surface area contributed by atoms with Crippen LogP contribution in [0.4, 0.5) is 11.5 Å². The van der Waals surface area contributed by atoms with Crippen LogP contribution in [0.25, 0.3) is 5.65 Å². The van der Waals surface area contributed by atoms with E-state index >= 15 is 0 Å². The number of hydrogen-bond acceptors (Lipinski definition) is 6. The number of fused-ring (bicyclic) bond motifs is 1. The molecule has 0 saturated carbocycles. The van der Waals surface area contributed by atoms with E-state index in [2.05, 4.69) is 29.1 Å². The third-order valence-electron chi connectivity index (χ3n) is 4.06. The van der Waals surface area contributed by atoms with E-state index in [9.17, 15) is 5.11 Å². The summed E-state index contributed by atoms with van der Waals surface area (Å²) in [4.78, 5) is 4.65. The summed E-state index contributed by atoms with van der Waals surface area (Å²) in [5.41, 5.74) is 2.94. The number of nitrogens with zero attached hydrogens (tertiary/aromatic N) is 4. The highest BCUT2D eigenvalue weighted by Crippen LogP contribution is 2.34. The zero-order valence-corrected chi connectivity index (χ0v) is 15.3. The number of rotatable bonds is 6. The van der Waals surface area contributed by atoms with Crippen molar-refractivity contribution in [3.63, 3.8) is 0 Å². The number of benzene rings is 1. The van der Waals surface area contributed by atoms with Crippen LogP contribution in [-0.2, 0) is 6.61 Å². The molecule has 0 spiro atoms. The van der Waals surface area contributed by atoms with Gasteiger partial charge in [0.15, 0.2) is 5.82 Å². The lowest BCUT2D eigenvalue weighted by Gasteiger charge is -2.06. The molecule has 3 rings (SSSR count). The smallest absolute Gasteiger partial charge is 0.183 e. The number of aromatic nitrogens is 2. The molecule has 1 N–H and O–H groups in total. The highest BCUT2D eigenvalue weighted by atomic mass is 16.5. The Morgan fingerprint density at radius 3 is 2.58 bits per heavy atom. The molecule has 136 valence electrons. The van der Waals surface area contributed by atoms with E-state index in [1.54, 1.807) is 26.4 Å². The summed E-state index contributed by atoms with van der Waals surface area (Å²) in [6.07, 6.45) is 1.84. The minimum Gasteiger partial charge on any atom is -0.497 e. The van der Waals surface area contributed by atoms with Crippen LogP contribution in [-0.4, -0.2) is 28.7 Å². The maximum Gasteiger partial charge on any atom is 0.183 e. The number of ether oxygens (including phenoxy) is 2. The summed E-state index contributed by atoms with van der Waals surface area (Å²) in [6.45, 7) is 4.08. The van der Waals surface area contributed by atoms with E-state index in [0.29, 0.717) is 23.0 Å². The number of azo groups is 1. The van der Waals surface area contributed by atoms with Crippen molar-refractivity contribution in [1.82, 2.24) is 9.38 Å². The Labute approximate surface area is 151 Å². The van der Waals surface area contributed by atoms with Crippen molar-refractivity contribution in [1.29, 1.82) is 0 Å². The maximum absolute atomic E-state index is 9.34. The fraction of sp³-hybridized carbons (Fsp3) is 0.316. The van der Waals surface area contributed by atoms with Gasteiger partial charge in [0.25, 0.3) is 0 Å². The van der Waals surface area contributed by atoms with Gasteiger partial charge in [-0.1, -0.05) is 13.8 Å². The van der Waals surface area contributed by atoms with Crippen LogP contribution in [0, 0.1) is 0 Å². The molecule has 2 aromatic heterocycles. The van der Waals surface area contributed by atoms with Gasteiger partial charge in [-0.3, -0.25) is 4.40 Å². The van der Waals surface area contributed by atoms with Gasteiger partial charge in [-0.25, -0.2) is 4.98 Å². The molecule has 0 aliphatic rings. The molecule has 0 radical (unpaired) electrons. The van der Waals surface area contributed by atoms with Crippen molar-refractivity contribution in [2.75, 3.05) is 14.2 Å². The molecule has 1 aromatic carbocycles. The van der Waals surface area contributed by atoms with Gasteiger partial charge in [-0.2, -0.15) is 0 Å². The van der Waals surface area contributed by atoms with Crippen LogP contribution in [0.3, 0.4) is 0 Å². The maximum atomic E-state index is 9.34. The Morgan fingerprint density at radius 1 is 1.12 bits per heavy atom. The number of imidazole rings is 1. The predicted molar refractivity (Wildman–Crippen MR) is 98.9 cm³/mol. The van der Waals surface area contributed by atoms with Crippen molar-refractivity contribution >= 4 is 17.2 Å². The van der Waals surface area contributed by atoms with Gasteiger partial charge in [-0.05, 0) is 35.7 Å². The second-order valence-corrected chi connectivity index (χ2v) is 6.13. The summed E-state index contributed by atoms with van der Waals surface area (Å²) < 4.78 is 12.5. The molecule has 0 aliphatic carbocycles.